The van der Waals surface area contributed by atoms with E-state index in [-0.39, 0.29) is 0 Å². The number of rotatable bonds is 6. The van der Waals surface area contributed by atoms with E-state index in [2.05, 4.69) is 34.5 Å². The van der Waals surface area contributed by atoms with Gasteiger partial charge in [-0.2, -0.15) is 0 Å². The Morgan fingerprint density at radius 1 is 1.09 bits per heavy atom. The summed E-state index contributed by atoms with van der Waals surface area (Å²) < 4.78 is 7.45. The highest BCUT2D eigenvalue weighted by molar-refractivity contribution is 5.89. The van der Waals surface area contributed by atoms with Crippen LogP contribution in [0.3, 0.4) is 0 Å². The van der Waals surface area contributed by atoms with E-state index in [0.29, 0.717) is 11.9 Å². The van der Waals surface area contributed by atoms with E-state index in [0.717, 1.165) is 60.5 Å². The maximum Gasteiger partial charge on any atom is 0.241 e. The van der Waals surface area contributed by atoms with Gasteiger partial charge >= 0.3 is 0 Å². The summed E-state index contributed by atoms with van der Waals surface area (Å²) in [6, 6.07) is 4.37. The fourth-order valence-corrected chi connectivity index (χ4v) is 4.99. The molecule has 1 aliphatic carbocycles. The molecule has 0 spiro atoms. The second kappa shape index (κ2) is 8.28. The lowest BCUT2D eigenvalue weighted by Crippen LogP contribution is -2.25. The average molecular weight is 431 g/mol. The first-order valence-electron chi connectivity index (χ1n) is 11.9. The van der Waals surface area contributed by atoms with Crippen molar-refractivity contribution in [3.8, 4) is 11.1 Å². The average Bonchev–Trinajstić information content (AvgIpc) is 3.56. The first-order valence-corrected chi connectivity index (χ1v) is 11.9. The van der Waals surface area contributed by atoms with Crippen LogP contribution in [-0.2, 0) is 11.2 Å². The zero-order valence-corrected chi connectivity index (χ0v) is 18.6. The molecule has 166 valence electrons. The highest BCUT2D eigenvalue weighted by atomic mass is 16.5. The van der Waals surface area contributed by atoms with E-state index < -0.39 is 0 Å². The van der Waals surface area contributed by atoms with Crippen LogP contribution in [-0.4, -0.2) is 45.1 Å². The number of fused-ring (bicyclic) bond motifs is 2. The molecule has 3 aromatic heterocycles. The Balaban J connectivity index is 1.24. The van der Waals surface area contributed by atoms with Crippen LogP contribution in [0.5, 0.6) is 0 Å². The van der Waals surface area contributed by atoms with Crippen LogP contribution >= 0.6 is 0 Å². The van der Waals surface area contributed by atoms with Crippen LogP contribution in [0.25, 0.3) is 16.6 Å². The van der Waals surface area contributed by atoms with Crippen molar-refractivity contribution in [1.29, 1.82) is 0 Å². The predicted molar refractivity (Wildman–Crippen MR) is 126 cm³/mol. The summed E-state index contributed by atoms with van der Waals surface area (Å²) in [5, 5.41) is 7.99. The molecule has 7 heteroatoms. The minimum Gasteiger partial charge on any atom is -0.381 e. The standard InChI is InChI=1S/C25H30N6O/c1-16-19(10-17-5-8-32-9-6-17)11-20-12-21(14-26-24(20)29-16)22-4-7-31-23(22)15-28-25(30-31)27-13-18-2-3-18/h4,7,12,14-15,17-19H,2-3,5-6,8-11,13H2,1H3,(H,27,30)/t19-/m0/s1. The predicted octanol–water partition coefficient (Wildman–Crippen LogP) is 4.69. The number of nitrogens with one attached hydrogen (secondary N) is 1. The number of ether oxygens (including phenoxy) is 1. The molecule has 6 rings (SSSR count). The number of nitrogens with zero attached hydrogens (tertiary/aromatic N) is 5. The summed E-state index contributed by atoms with van der Waals surface area (Å²) in [7, 11) is 0. The SMILES string of the molecule is CC1=Nc2ncc(-c3ccn4nc(NCC5CC5)ncc34)cc2C[C@@H]1CC1CCOCC1. The first-order chi connectivity index (χ1) is 15.7. The lowest BCUT2D eigenvalue weighted by atomic mass is 9.82. The fourth-order valence-electron chi connectivity index (χ4n) is 4.99. The van der Waals surface area contributed by atoms with Gasteiger partial charge in [-0.05, 0) is 75.0 Å². The van der Waals surface area contributed by atoms with E-state index in [1.165, 1.54) is 43.4 Å². The van der Waals surface area contributed by atoms with Crippen molar-refractivity contribution in [2.45, 2.75) is 45.4 Å². The van der Waals surface area contributed by atoms with Gasteiger partial charge in [0.05, 0.1) is 11.7 Å². The Bertz CT molecular complexity index is 1160. The van der Waals surface area contributed by atoms with Crippen molar-refractivity contribution in [3.63, 3.8) is 0 Å². The molecule has 0 unspecified atom stereocenters. The Labute approximate surface area is 188 Å². The van der Waals surface area contributed by atoms with Gasteiger partial charge in [0.1, 0.15) is 0 Å². The zero-order chi connectivity index (χ0) is 21.5. The molecule has 1 atom stereocenters. The maximum absolute atomic E-state index is 5.54. The summed E-state index contributed by atoms with van der Waals surface area (Å²) in [6.07, 6.45) is 13.0. The van der Waals surface area contributed by atoms with Gasteiger partial charge in [0, 0.05) is 54.9 Å². The van der Waals surface area contributed by atoms with Gasteiger partial charge in [0.2, 0.25) is 5.95 Å². The molecule has 3 aromatic rings. The van der Waals surface area contributed by atoms with Crippen molar-refractivity contribution in [1.82, 2.24) is 19.6 Å². The van der Waals surface area contributed by atoms with Crippen LogP contribution in [0, 0.1) is 17.8 Å². The van der Waals surface area contributed by atoms with Gasteiger partial charge in [0.15, 0.2) is 5.82 Å². The van der Waals surface area contributed by atoms with Crippen molar-refractivity contribution in [2.75, 3.05) is 25.1 Å². The molecule has 1 saturated heterocycles. The molecule has 1 N–H and O–H groups in total. The molecule has 5 heterocycles. The van der Waals surface area contributed by atoms with E-state index in [1.807, 2.05) is 23.1 Å². The number of aromatic nitrogens is 4. The third kappa shape index (κ3) is 4.01. The quantitative estimate of drug-likeness (QED) is 0.614. The molecule has 0 aromatic carbocycles. The summed E-state index contributed by atoms with van der Waals surface area (Å²) >= 11 is 0. The van der Waals surface area contributed by atoms with Crippen molar-refractivity contribution in [2.24, 2.45) is 22.7 Å². The second-order valence-electron chi connectivity index (χ2n) is 9.62. The number of anilines is 1. The number of pyridine rings is 1. The Hall–Kier alpha value is -2.80. The van der Waals surface area contributed by atoms with Gasteiger partial charge < -0.3 is 10.1 Å². The maximum atomic E-state index is 5.54. The van der Waals surface area contributed by atoms with Crippen LogP contribution in [0.1, 0.15) is 44.6 Å². The van der Waals surface area contributed by atoms with Gasteiger partial charge in [0.25, 0.3) is 0 Å². The lowest BCUT2D eigenvalue weighted by molar-refractivity contribution is 0.0612. The molecule has 3 aliphatic rings. The Morgan fingerprint density at radius 3 is 2.81 bits per heavy atom. The zero-order valence-electron chi connectivity index (χ0n) is 18.6. The molecular formula is C25H30N6O. The molecule has 2 fully saturated rings. The normalized spacial score (nSPS) is 21.4. The summed E-state index contributed by atoms with van der Waals surface area (Å²) in [5.74, 6) is 3.60. The van der Waals surface area contributed by atoms with Gasteiger partial charge in [-0.15, -0.1) is 5.10 Å². The highest BCUT2D eigenvalue weighted by Crippen LogP contribution is 2.35. The smallest absolute Gasteiger partial charge is 0.241 e. The largest absolute Gasteiger partial charge is 0.381 e. The molecule has 2 aliphatic heterocycles. The van der Waals surface area contributed by atoms with E-state index in [9.17, 15) is 0 Å². The Kier molecular flexibility index (Phi) is 5.14. The third-order valence-corrected chi connectivity index (χ3v) is 7.21. The van der Waals surface area contributed by atoms with Crippen LogP contribution in [0.15, 0.2) is 35.7 Å². The number of aliphatic imine (C=N–C) groups is 1. The molecular weight excluding hydrogens is 400 g/mol. The third-order valence-electron chi connectivity index (χ3n) is 7.21. The molecule has 0 radical (unpaired) electrons. The monoisotopic (exact) mass is 430 g/mol. The molecule has 32 heavy (non-hydrogen) atoms. The topological polar surface area (TPSA) is 76.7 Å². The molecule has 1 saturated carbocycles. The van der Waals surface area contributed by atoms with Gasteiger partial charge in [-0.3, -0.25) is 0 Å². The fraction of sp³-hybridized carbons (Fsp3) is 0.520. The second-order valence-corrected chi connectivity index (χ2v) is 9.62. The van der Waals surface area contributed by atoms with Crippen molar-refractivity contribution in [3.05, 3.63) is 36.3 Å². The molecule has 0 amide bonds. The summed E-state index contributed by atoms with van der Waals surface area (Å²) in [4.78, 5) is 14.1. The van der Waals surface area contributed by atoms with Crippen molar-refractivity contribution >= 4 is 23.0 Å². The van der Waals surface area contributed by atoms with E-state index >= 15 is 0 Å². The number of hydrogen-bond donors (Lipinski definition) is 1. The minimum atomic E-state index is 0.497. The summed E-state index contributed by atoms with van der Waals surface area (Å²) in [6.45, 7) is 4.92. The highest BCUT2D eigenvalue weighted by Gasteiger charge is 2.26. The van der Waals surface area contributed by atoms with Crippen molar-refractivity contribution < 1.29 is 4.74 Å². The van der Waals surface area contributed by atoms with Crippen LogP contribution in [0.4, 0.5) is 11.8 Å². The van der Waals surface area contributed by atoms with E-state index in [1.54, 1.807) is 0 Å². The lowest BCUT2D eigenvalue weighted by Gasteiger charge is -2.29. The molecule has 0 bridgehead atoms. The molecule has 7 nitrogen and oxygen atoms in total. The first kappa shape index (κ1) is 19.9. The Morgan fingerprint density at radius 2 is 1.97 bits per heavy atom. The number of hydrogen-bond acceptors (Lipinski definition) is 6. The van der Waals surface area contributed by atoms with Crippen LogP contribution < -0.4 is 5.32 Å². The van der Waals surface area contributed by atoms with Gasteiger partial charge in [-0.25, -0.2) is 19.5 Å². The minimum absolute atomic E-state index is 0.497. The van der Waals surface area contributed by atoms with Gasteiger partial charge in [-0.1, -0.05) is 0 Å². The van der Waals surface area contributed by atoms with E-state index in [4.69, 9.17) is 14.7 Å². The summed E-state index contributed by atoms with van der Waals surface area (Å²) in [5.41, 5.74) is 5.68. The van der Waals surface area contributed by atoms with Crippen LogP contribution in [0.2, 0.25) is 0 Å².